The van der Waals surface area contributed by atoms with Crippen molar-refractivity contribution < 1.29 is 17.6 Å². The zero-order valence-corrected chi connectivity index (χ0v) is 9.33. The van der Waals surface area contributed by atoms with E-state index in [0.717, 1.165) is 18.4 Å². The van der Waals surface area contributed by atoms with E-state index in [2.05, 4.69) is 0 Å². The van der Waals surface area contributed by atoms with Crippen molar-refractivity contribution in [2.75, 3.05) is 6.54 Å². The van der Waals surface area contributed by atoms with E-state index in [-0.39, 0.29) is 19.1 Å². The van der Waals surface area contributed by atoms with Crippen molar-refractivity contribution in [1.29, 1.82) is 0 Å². The lowest BCUT2D eigenvalue weighted by Gasteiger charge is -2.23. The number of hydrogen-bond donors (Lipinski definition) is 1. The Morgan fingerprint density at radius 2 is 2.12 bits per heavy atom. The van der Waals surface area contributed by atoms with Crippen LogP contribution < -0.4 is 5.73 Å². The van der Waals surface area contributed by atoms with E-state index in [1.54, 1.807) is 6.07 Å². The molecule has 1 aliphatic carbocycles. The lowest BCUT2D eigenvalue weighted by molar-refractivity contribution is -0.148. The summed E-state index contributed by atoms with van der Waals surface area (Å²) in [6, 6.07) is 1.74. The lowest BCUT2D eigenvalue weighted by Crippen LogP contribution is -2.35. The first-order valence-electron chi connectivity index (χ1n) is 5.55. The average Bonchev–Trinajstić information content (AvgIpc) is 2.97. The zero-order chi connectivity index (χ0) is 12.5. The minimum atomic E-state index is -4.16. The van der Waals surface area contributed by atoms with E-state index in [0.29, 0.717) is 5.76 Å². The highest BCUT2D eigenvalue weighted by Crippen LogP contribution is 2.31. The zero-order valence-electron chi connectivity index (χ0n) is 9.33. The van der Waals surface area contributed by atoms with Gasteiger partial charge in [-0.1, -0.05) is 0 Å². The highest BCUT2D eigenvalue weighted by molar-refractivity contribution is 5.17. The molecule has 3 nitrogen and oxygen atoms in total. The van der Waals surface area contributed by atoms with Gasteiger partial charge in [-0.05, 0) is 18.9 Å². The van der Waals surface area contributed by atoms with Gasteiger partial charge in [-0.3, -0.25) is 4.90 Å². The van der Waals surface area contributed by atoms with Gasteiger partial charge in [0.2, 0.25) is 0 Å². The summed E-state index contributed by atoms with van der Waals surface area (Å²) >= 11 is 0. The first kappa shape index (κ1) is 12.4. The van der Waals surface area contributed by atoms with Crippen molar-refractivity contribution in [1.82, 2.24) is 4.90 Å². The summed E-state index contributed by atoms with van der Waals surface area (Å²) < 4.78 is 42.4. The molecule has 17 heavy (non-hydrogen) atoms. The molecule has 6 heteroatoms. The Balaban J connectivity index is 2.02. The summed E-state index contributed by atoms with van der Waals surface area (Å²) in [5, 5.41) is 0. The molecule has 0 radical (unpaired) electrons. The van der Waals surface area contributed by atoms with Crippen LogP contribution in [0.1, 0.15) is 24.2 Å². The lowest BCUT2D eigenvalue weighted by atomic mass is 10.2. The molecule has 0 aromatic carbocycles. The van der Waals surface area contributed by atoms with E-state index in [4.69, 9.17) is 10.2 Å². The Labute approximate surface area is 97.4 Å². The summed E-state index contributed by atoms with van der Waals surface area (Å²) in [7, 11) is 0. The van der Waals surface area contributed by atoms with Crippen molar-refractivity contribution >= 4 is 0 Å². The fourth-order valence-electron chi connectivity index (χ4n) is 1.89. The van der Waals surface area contributed by atoms with Gasteiger partial charge in [0.25, 0.3) is 0 Å². The molecule has 1 aromatic rings. The number of furan rings is 1. The summed E-state index contributed by atoms with van der Waals surface area (Å²) in [4.78, 5) is 1.45. The quantitative estimate of drug-likeness (QED) is 0.869. The molecule has 1 heterocycles. The maximum atomic E-state index is 12.4. The number of rotatable bonds is 5. The first-order valence-corrected chi connectivity index (χ1v) is 5.55. The topological polar surface area (TPSA) is 42.4 Å². The summed E-state index contributed by atoms with van der Waals surface area (Å²) in [6.07, 6.45) is -1.01. The number of halogens is 3. The van der Waals surface area contributed by atoms with E-state index in [9.17, 15) is 13.2 Å². The minimum absolute atomic E-state index is 0.0529. The highest BCUT2D eigenvalue weighted by Gasteiger charge is 2.38. The Morgan fingerprint density at radius 3 is 2.65 bits per heavy atom. The number of nitrogens with two attached hydrogens (primary N) is 1. The van der Waals surface area contributed by atoms with Crippen molar-refractivity contribution in [3.8, 4) is 0 Å². The van der Waals surface area contributed by atoms with Crippen LogP contribution in [0.15, 0.2) is 16.7 Å². The van der Waals surface area contributed by atoms with Crippen LogP contribution in [0.25, 0.3) is 0 Å². The third-order valence-corrected chi connectivity index (χ3v) is 2.84. The maximum absolute atomic E-state index is 12.4. The SMILES string of the molecule is NCc1occc1CN(CC(F)(F)F)C1CC1. The van der Waals surface area contributed by atoms with E-state index >= 15 is 0 Å². The monoisotopic (exact) mass is 248 g/mol. The number of nitrogens with zero attached hydrogens (tertiary/aromatic N) is 1. The van der Waals surface area contributed by atoms with Crippen LogP contribution in [0.3, 0.4) is 0 Å². The van der Waals surface area contributed by atoms with Crippen LogP contribution in [0.4, 0.5) is 13.2 Å². The second-order valence-electron chi connectivity index (χ2n) is 4.32. The van der Waals surface area contributed by atoms with Gasteiger partial charge in [-0.25, -0.2) is 0 Å². The molecule has 1 aliphatic rings. The normalized spacial score (nSPS) is 16.8. The van der Waals surface area contributed by atoms with Crippen molar-refractivity contribution in [3.05, 3.63) is 23.7 Å². The van der Waals surface area contributed by atoms with Gasteiger partial charge >= 0.3 is 6.18 Å². The molecule has 1 aromatic heterocycles. The molecule has 2 N–H and O–H groups in total. The third-order valence-electron chi connectivity index (χ3n) is 2.84. The van der Waals surface area contributed by atoms with Crippen molar-refractivity contribution in [3.63, 3.8) is 0 Å². The molecule has 0 saturated heterocycles. The van der Waals surface area contributed by atoms with Crippen LogP contribution in [-0.4, -0.2) is 23.7 Å². The van der Waals surface area contributed by atoms with Crippen LogP contribution in [0.5, 0.6) is 0 Å². The van der Waals surface area contributed by atoms with Gasteiger partial charge in [-0.15, -0.1) is 0 Å². The molecule has 0 bridgehead atoms. The van der Waals surface area contributed by atoms with Crippen LogP contribution in [0, 0.1) is 0 Å². The molecule has 0 amide bonds. The third kappa shape index (κ3) is 3.47. The minimum Gasteiger partial charge on any atom is -0.468 e. The Morgan fingerprint density at radius 1 is 1.41 bits per heavy atom. The van der Waals surface area contributed by atoms with Crippen molar-refractivity contribution in [2.24, 2.45) is 5.73 Å². The van der Waals surface area contributed by atoms with Gasteiger partial charge in [0.05, 0.1) is 19.4 Å². The molecule has 2 rings (SSSR count). The molecule has 1 fully saturated rings. The Bertz CT molecular complexity index is 371. The van der Waals surface area contributed by atoms with Crippen LogP contribution in [0.2, 0.25) is 0 Å². The fraction of sp³-hybridized carbons (Fsp3) is 0.636. The summed E-state index contributed by atoms with van der Waals surface area (Å²) in [5.41, 5.74) is 6.21. The average molecular weight is 248 g/mol. The standard InChI is InChI=1S/C11H15F3N2O/c12-11(13,14)7-16(9-1-2-9)6-8-3-4-17-10(8)5-15/h3-4,9H,1-2,5-7,15H2. The van der Waals surface area contributed by atoms with Gasteiger partial charge in [0.1, 0.15) is 5.76 Å². The molecule has 0 atom stereocenters. The van der Waals surface area contributed by atoms with Crippen molar-refractivity contribution in [2.45, 2.75) is 38.1 Å². The summed E-state index contributed by atoms with van der Waals surface area (Å²) in [5.74, 6) is 0.567. The largest absolute Gasteiger partial charge is 0.468 e. The van der Waals surface area contributed by atoms with Crippen LogP contribution >= 0.6 is 0 Å². The molecule has 0 aliphatic heterocycles. The smallest absolute Gasteiger partial charge is 0.401 e. The van der Waals surface area contributed by atoms with Gasteiger partial charge in [0.15, 0.2) is 0 Å². The summed E-state index contributed by atoms with van der Waals surface area (Å²) in [6.45, 7) is -0.396. The number of hydrogen-bond acceptors (Lipinski definition) is 3. The molecule has 0 spiro atoms. The van der Waals surface area contributed by atoms with E-state index in [1.165, 1.54) is 11.2 Å². The molecule has 1 saturated carbocycles. The second-order valence-corrected chi connectivity index (χ2v) is 4.32. The molecular formula is C11H15F3N2O. The van der Waals surface area contributed by atoms with E-state index < -0.39 is 12.7 Å². The first-order chi connectivity index (χ1) is 7.99. The van der Waals surface area contributed by atoms with Gasteiger partial charge < -0.3 is 10.2 Å². The predicted molar refractivity (Wildman–Crippen MR) is 56.1 cm³/mol. The fourth-order valence-corrected chi connectivity index (χ4v) is 1.89. The maximum Gasteiger partial charge on any atom is 0.401 e. The van der Waals surface area contributed by atoms with E-state index in [1.807, 2.05) is 0 Å². The van der Waals surface area contributed by atoms with Gasteiger partial charge in [-0.2, -0.15) is 13.2 Å². The molecular weight excluding hydrogens is 233 g/mol. The second kappa shape index (κ2) is 4.70. The molecule has 96 valence electrons. The number of alkyl halides is 3. The van der Waals surface area contributed by atoms with Gasteiger partial charge in [0, 0.05) is 18.2 Å². The Kier molecular flexibility index (Phi) is 3.44. The molecule has 0 unspecified atom stereocenters. The van der Waals surface area contributed by atoms with Crippen LogP contribution in [-0.2, 0) is 13.1 Å². The Hall–Kier alpha value is -1.01. The highest BCUT2D eigenvalue weighted by atomic mass is 19.4. The predicted octanol–water partition coefficient (Wildman–Crippen LogP) is 2.27.